The zero-order chi connectivity index (χ0) is 14.9. The molecule has 0 amide bonds. The summed E-state index contributed by atoms with van der Waals surface area (Å²) < 4.78 is 0. The van der Waals surface area contributed by atoms with E-state index in [1.54, 1.807) is 12.3 Å². The molecule has 5 nitrogen and oxygen atoms in total. The third-order valence-corrected chi connectivity index (χ3v) is 3.00. The van der Waals surface area contributed by atoms with Gasteiger partial charge in [-0.2, -0.15) is 5.26 Å². The number of aromatic nitrogens is 3. The van der Waals surface area contributed by atoms with Gasteiger partial charge in [-0.3, -0.25) is 4.98 Å². The average molecular weight is 267 g/mol. The fourth-order valence-electron chi connectivity index (χ4n) is 1.78. The first-order chi connectivity index (χ1) is 9.32. The SMILES string of the molecule is Cc1c(N)nc(C(C)(C)C)nc1-c1cncc(C#N)c1. The van der Waals surface area contributed by atoms with Gasteiger partial charge in [-0.25, -0.2) is 9.97 Å². The number of pyridine rings is 1. The number of hydrogen-bond donors (Lipinski definition) is 1. The lowest BCUT2D eigenvalue weighted by molar-refractivity contribution is 0.546. The van der Waals surface area contributed by atoms with Gasteiger partial charge in [0.15, 0.2) is 0 Å². The Hall–Kier alpha value is -2.48. The molecule has 2 N–H and O–H groups in total. The van der Waals surface area contributed by atoms with E-state index in [2.05, 4.69) is 21.0 Å². The van der Waals surface area contributed by atoms with E-state index in [-0.39, 0.29) is 5.41 Å². The first-order valence-electron chi connectivity index (χ1n) is 6.33. The van der Waals surface area contributed by atoms with Gasteiger partial charge in [-0.05, 0) is 13.0 Å². The summed E-state index contributed by atoms with van der Waals surface area (Å²) in [6, 6.07) is 3.84. The Balaban J connectivity index is 2.67. The molecule has 0 unspecified atom stereocenters. The van der Waals surface area contributed by atoms with E-state index in [1.807, 2.05) is 27.7 Å². The van der Waals surface area contributed by atoms with Crippen molar-refractivity contribution in [1.29, 1.82) is 5.26 Å². The molecule has 0 aliphatic heterocycles. The van der Waals surface area contributed by atoms with Crippen LogP contribution in [0.3, 0.4) is 0 Å². The average Bonchev–Trinajstić information content (AvgIpc) is 2.40. The second-order valence-corrected chi connectivity index (χ2v) is 5.73. The zero-order valence-electron chi connectivity index (χ0n) is 12.1. The van der Waals surface area contributed by atoms with Gasteiger partial charge < -0.3 is 5.73 Å². The van der Waals surface area contributed by atoms with Crippen LogP contribution in [0.2, 0.25) is 0 Å². The molecule has 0 saturated heterocycles. The number of nitrogen functional groups attached to an aromatic ring is 1. The Bertz CT molecular complexity index is 692. The molecule has 2 aromatic heterocycles. The van der Waals surface area contributed by atoms with Crippen LogP contribution in [0, 0.1) is 18.3 Å². The lowest BCUT2D eigenvalue weighted by Crippen LogP contribution is -2.18. The van der Waals surface area contributed by atoms with Crippen LogP contribution in [0.4, 0.5) is 5.82 Å². The standard InChI is InChI=1S/C15H17N5/c1-9-12(11-5-10(6-16)7-18-8-11)19-14(15(2,3)4)20-13(9)17/h5,7-8H,1-4H3,(H2,17,19,20). The fourth-order valence-corrected chi connectivity index (χ4v) is 1.78. The predicted molar refractivity (Wildman–Crippen MR) is 77.8 cm³/mol. The maximum absolute atomic E-state index is 8.97. The highest BCUT2D eigenvalue weighted by atomic mass is 15.0. The lowest BCUT2D eigenvalue weighted by atomic mass is 9.95. The van der Waals surface area contributed by atoms with Crippen LogP contribution in [0.25, 0.3) is 11.3 Å². The lowest BCUT2D eigenvalue weighted by Gasteiger charge is -2.19. The third kappa shape index (κ3) is 2.59. The molecule has 5 heteroatoms. The Morgan fingerprint density at radius 1 is 1.20 bits per heavy atom. The topological polar surface area (TPSA) is 88.5 Å². The van der Waals surface area contributed by atoms with Crippen LogP contribution in [-0.2, 0) is 5.41 Å². The van der Waals surface area contributed by atoms with E-state index < -0.39 is 0 Å². The molecule has 0 fully saturated rings. The summed E-state index contributed by atoms with van der Waals surface area (Å²) in [5.41, 5.74) is 8.60. The number of nitrogens with two attached hydrogens (primary N) is 1. The minimum Gasteiger partial charge on any atom is -0.383 e. The van der Waals surface area contributed by atoms with Crippen molar-refractivity contribution in [3.8, 4) is 17.3 Å². The Kier molecular flexibility index (Phi) is 3.41. The minimum atomic E-state index is -0.198. The van der Waals surface area contributed by atoms with Gasteiger partial charge in [0.05, 0.1) is 11.3 Å². The van der Waals surface area contributed by atoms with Crippen LogP contribution in [-0.4, -0.2) is 15.0 Å². The van der Waals surface area contributed by atoms with Gasteiger partial charge in [0, 0.05) is 28.9 Å². The summed E-state index contributed by atoms with van der Waals surface area (Å²) in [6.07, 6.45) is 3.20. The zero-order valence-corrected chi connectivity index (χ0v) is 12.1. The highest BCUT2D eigenvalue weighted by Crippen LogP contribution is 2.28. The highest BCUT2D eigenvalue weighted by molar-refractivity contribution is 5.67. The van der Waals surface area contributed by atoms with Crippen molar-refractivity contribution in [3.05, 3.63) is 35.4 Å². The molecular weight excluding hydrogens is 250 g/mol. The van der Waals surface area contributed by atoms with Gasteiger partial charge >= 0.3 is 0 Å². The first kappa shape index (κ1) is 13.9. The second kappa shape index (κ2) is 4.89. The van der Waals surface area contributed by atoms with E-state index in [1.165, 1.54) is 6.20 Å². The van der Waals surface area contributed by atoms with Crippen LogP contribution >= 0.6 is 0 Å². The molecule has 2 rings (SSSR count). The number of nitriles is 1. The summed E-state index contributed by atoms with van der Waals surface area (Å²) in [5, 5.41) is 8.97. The van der Waals surface area contributed by atoms with Gasteiger partial charge in [-0.15, -0.1) is 0 Å². The maximum Gasteiger partial charge on any atom is 0.136 e. The normalized spacial score (nSPS) is 11.2. The Morgan fingerprint density at radius 2 is 1.90 bits per heavy atom. The van der Waals surface area contributed by atoms with E-state index in [0.717, 1.165) is 16.8 Å². The Labute approximate surface area is 118 Å². The Morgan fingerprint density at radius 3 is 2.50 bits per heavy atom. The minimum absolute atomic E-state index is 0.198. The van der Waals surface area contributed by atoms with Crippen LogP contribution in [0.1, 0.15) is 37.7 Å². The molecule has 0 saturated carbocycles. The molecule has 20 heavy (non-hydrogen) atoms. The van der Waals surface area contributed by atoms with Gasteiger partial charge in [0.25, 0.3) is 0 Å². The summed E-state index contributed by atoms with van der Waals surface area (Å²) in [5.74, 6) is 1.14. The smallest absolute Gasteiger partial charge is 0.136 e. The molecule has 0 aromatic carbocycles. The van der Waals surface area contributed by atoms with E-state index in [4.69, 9.17) is 11.0 Å². The molecule has 2 aromatic rings. The van der Waals surface area contributed by atoms with Crippen molar-refractivity contribution in [2.45, 2.75) is 33.1 Å². The molecule has 0 aliphatic rings. The van der Waals surface area contributed by atoms with Crippen molar-refractivity contribution in [2.24, 2.45) is 0 Å². The van der Waals surface area contributed by atoms with Crippen molar-refractivity contribution in [1.82, 2.24) is 15.0 Å². The van der Waals surface area contributed by atoms with E-state index in [9.17, 15) is 0 Å². The quantitative estimate of drug-likeness (QED) is 0.857. The first-order valence-corrected chi connectivity index (χ1v) is 6.33. The molecule has 0 bridgehead atoms. The number of nitrogens with zero attached hydrogens (tertiary/aromatic N) is 4. The van der Waals surface area contributed by atoms with Gasteiger partial charge in [0.1, 0.15) is 17.7 Å². The van der Waals surface area contributed by atoms with E-state index in [0.29, 0.717) is 17.2 Å². The molecule has 0 atom stereocenters. The highest BCUT2D eigenvalue weighted by Gasteiger charge is 2.21. The summed E-state index contributed by atoms with van der Waals surface area (Å²) in [6.45, 7) is 7.97. The van der Waals surface area contributed by atoms with Gasteiger partial charge in [-0.1, -0.05) is 20.8 Å². The van der Waals surface area contributed by atoms with Crippen molar-refractivity contribution < 1.29 is 0 Å². The third-order valence-electron chi connectivity index (χ3n) is 3.00. The van der Waals surface area contributed by atoms with E-state index >= 15 is 0 Å². The molecule has 0 radical (unpaired) electrons. The van der Waals surface area contributed by atoms with Gasteiger partial charge in [0.2, 0.25) is 0 Å². The fraction of sp³-hybridized carbons (Fsp3) is 0.333. The molecule has 2 heterocycles. The second-order valence-electron chi connectivity index (χ2n) is 5.73. The molecule has 102 valence electrons. The van der Waals surface area contributed by atoms with Crippen LogP contribution < -0.4 is 5.73 Å². The predicted octanol–water partition coefficient (Wildman–Crippen LogP) is 2.60. The molecule has 0 spiro atoms. The van der Waals surface area contributed by atoms with Crippen molar-refractivity contribution in [3.63, 3.8) is 0 Å². The van der Waals surface area contributed by atoms with Crippen LogP contribution in [0.15, 0.2) is 18.5 Å². The maximum atomic E-state index is 8.97. The number of anilines is 1. The number of rotatable bonds is 1. The van der Waals surface area contributed by atoms with Crippen molar-refractivity contribution in [2.75, 3.05) is 5.73 Å². The largest absolute Gasteiger partial charge is 0.383 e. The monoisotopic (exact) mass is 267 g/mol. The van der Waals surface area contributed by atoms with Crippen LogP contribution in [0.5, 0.6) is 0 Å². The summed E-state index contributed by atoms with van der Waals surface area (Å²) >= 11 is 0. The van der Waals surface area contributed by atoms with Crippen molar-refractivity contribution >= 4 is 5.82 Å². The summed E-state index contributed by atoms with van der Waals surface area (Å²) in [4.78, 5) is 13.0. The molecular formula is C15H17N5. The number of hydrogen-bond acceptors (Lipinski definition) is 5. The summed E-state index contributed by atoms with van der Waals surface area (Å²) in [7, 11) is 0. The molecule has 0 aliphatic carbocycles.